The Morgan fingerprint density at radius 3 is 2.62 bits per heavy atom. The number of methoxy groups -OCH3 is 1. The quantitative estimate of drug-likeness (QED) is 0.886. The lowest BCUT2D eigenvalue weighted by molar-refractivity contribution is -0.0240. The maximum Gasteiger partial charge on any atom is 0.161 e. The minimum atomic E-state index is -0.449. The van der Waals surface area contributed by atoms with Gasteiger partial charge in [-0.15, -0.1) is 0 Å². The standard InChI is InChI=1S/C20H26N2O4/c1-13-7-16(21-26-13)12-22-10-14-8-17(23)20(9-15(14)11-22)25-19-6-4-3-5-18(19)24-2/h3-7,14-15,17,20,23H,8-12H2,1-2H3/t14-,15+,17+,20+/m0/s1. The maximum absolute atomic E-state index is 10.6. The Morgan fingerprint density at radius 1 is 1.19 bits per heavy atom. The first-order valence-corrected chi connectivity index (χ1v) is 9.24. The lowest BCUT2D eigenvalue weighted by atomic mass is 9.78. The summed E-state index contributed by atoms with van der Waals surface area (Å²) in [4.78, 5) is 2.41. The van der Waals surface area contributed by atoms with E-state index in [9.17, 15) is 5.11 Å². The molecule has 2 heterocycles. The topological polar surface area (TPSA) is 68.0 Å². The normalized spacial score (nSPS) is 28.7. The van der Waals surface area contributed by atoms with Gasteiger partial charge in [-0.2, -0.15) is 0 Å². The van der Waals surface area contributed by atoms with Crippen molar-refractivity contribution in [3.63, 3.8) is 0 Å². The molecule has 4 rings (SSSR count). The van der Waals surface area contributed by atoms with Crippen molar-refractivity contribution in [1.82, 2.24) is 10.1 Å². The Hall–Kier alpha value is -2.05. The van der Waals surface area contributed by atoms with Gasteiger partial charge in [-0.05, 0) is 43.7 Å². The molecule has 1 aliphatic heterocycles. The van der Waals surface area contributed by atoms with E-state index in [1.54, 1.807) is 7.11 Å². The number of nitrogens with zero attached hydrogens (tertiary/aromatic N) is 2. The maximum atomic E-state index is 10.6. The van der Waals surface area contributed by atoms with Crippen LogP contribution in [0.4, 0.5) is 0 Å². The summed E-state index contributed by atoms with van der Waals surface area (Å²) in [5.41, 5.74) is 0.975. The van der Waals surface area contributed by atoms with Crippen LogP contribution in [0.25, 0.3) is 0 Å². The number of hydrogen-bond donors (Lipinski definition) is 1. The van der Waals surface area contributed by atoms with Crippen molar-refractivity contribution in [2.45, 2.75) is 38.5 Å². The van der Waals surface area contributed by atoms with Gasteiger partial charge < -0.3 is 19.1 Å². The highest BCUT2D eigenvalue weighted by Gasteiger charge is 2.42. The molecule has 1 aromatic carbocycles. The number of hydrogen-bond acceptors (Lipinski definition) is 6. The number of ether oxygens (including phenoxy) is 2. The average molecular weight is 358 g/mol. The molecule has 2 aromatic rings. The van der Waals surface area contributed by atoms with Crippen molar-refractivity contribution < 1.29 is 19.1 Å². The van der Waals surface area contributed by atoms with E-state index in [1.807, 2.05) is 37.3 Å². The first-order chi connectivity index (χ1) is 12.6. The Morgan fingerprint density at radius 2 is 1.92 bits per heavy atom. The van der Waals surface area contributed by atoms with Crippen LogP contribution >= 0.6 is 0 Å². The summed E-state index contributed by atoms with van der Waals surface area (Å²) in [5, 5.41) is 14.7. The fraction of sp³-hybridized carbons (Fsp3) is 0.550. The fourth-order valence-corrected chi connectivity index (χ4v) is 4.34. The van der Waals surface area contributed by atoms with Crippen LogP contribution in [0.1, 0.15) is 24.3 Å². The molecule has 1 saturated heterocycles. The first kappa shape index (κ1) is 17.4. The summed E-state index contributed by atoms with van der Waals surface area (Å²) in [5.74, 6) is 3.29. The van der Waals surface area contributed by atoms with E-state index in [1.165, 1.54) is 0 Å². The third kappa shape index (κ3) is 3.57. The molecular formula is C20H26N2O4. The molecule has 1 aliphatic carbocycles. The molecule has 6 heteroatoms. The number of rotatable bonds is 5. The van der Waals surface area contributed by atoms with Gasteiger partial charge in [0.2, 0.25) is 0 Å². The number of aryl methyl sites for hydroxylation is 1. The largest absolute Gasteiger partial charge is 0.493 e. The van der Waals surface area contributed by atoms with Gasteiger partial charge in [-0.25, -0.2) is 0 Å². The summed E-state index contributed by atoms with van der Waals surface area (Å²) in [7, 11) is 1.63. The minimum Gasteiger partial charge on any atom is -0.493 e. The van der Waals surface area contributed by atoms with Crippen LogP contribution < -0.4 is 9.47 Å². The van der Waals surface area contributed by atoms with Crippen molar-refractivity contribution in [3.05, 3.63) is 41.8 Å². The lowest BCUT2D eigenvalue weighted by Gasteiger charge is -2.35. The summed E-state index contributed by atoms with van der Waals surface area (Å²) in [6.07, 6.45) is 0.994. The van der Waals surface area contributed by atoms with Crippen LogP contribution in [-0.2, 0) is 6.54 Å². The van der Waals surface area contributed by atoms with Gasteiger partial charge >= 0.3 is 0 Å². The predicted octanol–water partition coefficient (Wildman–Crippen LogP) is 2.64. The zero-order chi connectivity index (χ0) is 18.1. The Balaban J connectivity index is 1.39. The number of aromatic nitrogens is 1. The van der Waals surface area contributed by atoms with E-state index >= 15 is 0 Å². The second-order valence-corrected chi connectivity index (χ2v) is 7.49. The molecule has 0 unspecified atom stereocenters. The number of benzene rings is 1. The van der Waals surface area contributed by atoms with E-state index in [2.05, 4.69) is 10.1 Å². The highest BCUT2D eigenvalue weighted by molar-refractivity contribution is 5.39. The van der Waals surface area contributed by atoms with E-state index in [0.29, 0.717) is 23.3 Å². The van der Waals surface area contributed by atoms with Gasteiger partial charge in [0.05, 0.1) is 18.9 Å². The van der Waals surface area contributed by atoms with Gasteiger partial charge in [0.15, 0.2) is 11.5 Å². The van der Waals surface area contributed by atoms with Crippen molar-refractivity contribution >= 4 is 0 Å². The molecular weight excluding hydrogens is 332 g/mol. The van der Waals surface area contributed by atoms with Gasteiger partial charge in [-0.1, -0.05) is 17.3 Å². The molecule has 0 radical (unpaired) electrons. The molecule has 1 saturated carbocycles. The molecule has 2 fully saturated rings. The highest BCUT2D eigenvalue weighted by atomic mass is 16.5. The third-order valence-corrected chi connectivity index (χ3v) is 5.57. The highest BCUT2D eigenvalue weighted by Crippen LogP contribution is 2.39. The molecule has 2 aliphatic rings. The molecule has 1 aromatic heterocycles. The second kappa shape index (κ2) is 7.29. The zero-order valence-corrected chi connectivity index (χ0v) is 15.3. The van der Waals surface area contributed by atoms with Gasteiger partial charge in [-0.3, -0.25) is 4.90 Å². The molecule has 1 N–H and O–H groups in total. The zero-order valence-electron chi connectivity index (χ0n) is 15.3. The van der Waals surface area contributed by atoms with E-state index < -0.39 is 6.10 Å². The minimum absolute atomic E-state index is 0.193. The van der Waals surface area contributed by atoms with Crippen LogP contribution in [0.5, 0.6) is 11.5 Å². The SMILES string of the molecule is COc1ccccc1O[C@@H]1C[C@@H]2CN(Cc3cc(C)on3)C[C@@H]2C[C@H]1O. The summed E-state index contributed by atoms with van der Waals surface area (Å²) >= 11 is 0. The van der Waals surface area contributed by atoms with Crippen LogP contribution in [0, 0.1) is 18.8 Å². The number of likely N-dealkylation sites (tertiary alicyclic amines) is 1. The first-order valence-electron chi connectivity index (χ1n) is 9.24. The summed E-state index contributed by atoms with van der Waals surface area (Å²) < 4.78 is 16.7. The monoisotopic (exact) mass is 358 g/mol. The molecule has 4 atom stereocenters. The Labute approximate surface area is 153 Å². The van der Waals surface area contributed by atoms with Gasteiger partial charge in [0.25, 0.3) is 0 Å². The van der Waals surface area contributed by atoms with Crippen molar-refractivity contribution in [2.75, 3.05) is 20.2 Å². The average Bonchev–Trinajstić information content (AvgIpc) is 3.21. The smallest absolute Gasteiger partial charge is 0.161 e. The summed E-state index contributed by atoms with van der Waals surface area (Å²) in [6, 6.07) is 9.60. The van der Waals surface area contributed by atoms with Crippen LogP contribution in [0.2, 0.25) is 0 Å². The van der Waals surface area contributed by atoms with E-state index in [0.717, 1.165) is 43.9 Å². The van der Waals surface area contributed by atoms with Gasteiger partial charge in [0.1, 0.15) is 11.9 Å². The van der Waals surface area contributed by atoms with Gasteiger partial charge in [0, 0.05) is 25.7 Å². The van der Waals surface area contributed by atoms with Crippen molar-refractivity contribution in [2.24, 2.45) is 11.8 Å². The molecule has 0 bridgehead atoms. The Kier molecular flexibility index (Phi) is 4.87. The number of para-hydroxylation sites is 2. The molecule has 0 spiro atoms. The van der Waals surface area contributed by atoms with Crippen LogP contribution in [0.15, 0.2) is 34.9 Å². The molecule has 0 amide bonds. The van der Waals surface area contributed by atoms with Crippen molar-refractivity contribution in [3.8, 4) is 11.5 Å². The Bertz CT molecular complexity index is 747. The molecule has 6 nitrogen and oxygen atoms in total. The summed E-state index contributed by atoms with van der Waals surface area (Å²) in [6.45, 7) is 4.72. The second-order valence-electron chi connectivity index (χ2n) is 7.49. The number of aliphatic hydroxyl groups excluding tert-OH is 1. The third-order valence-electron chi connectivity index (χ3n) is 5.57. The number of aliphatic hydroxyl groups is 1. The van der Waals surface area contributed by atoms with Crippen LogP contribution in [0.3, 0.4) is 0 Å². The predicted molar refractivity (Wildman–Crippen MR) is 96.1 cm³/mol. The van der Waals surface area contributed by atoms with Crippen LogP contribution in [-0.4, -0.2) is 47.6 Å². The fourth-order valence-electron chi connectivity index (χ4n) is 4.34. The molecule has 140 valence electrons. The molecule has 26 heavy (non-hydrogen) atoms. The van der Waals surface area contributed by atoms with E-state index in [4.69, 9.17) is 14.0 Å². The lowest BCUT2D eigenvalue weighted by Crippen LogP contribution is -2.42. The number of fused-ring (bicyclic) bond motifs is 1. The van der Waals surface area contributed by atoms with E-state index in [-0.39, 0.29) is 6.10 Å². The van der Waals surface area contributed by atoms with Crippen molar-refractivity contribution in [1.29, 1.82) is 0 Å².